The lowest BCUT2D eigenvalue weighted by Gasteiger charge is -2.12. The van der Waals surface area contributed by atoms with Crippen LogP contribution < -0.4 is 16.0 Å². The van der Waals surface area contributed by atoms with Crippen molar-refractivity contribution in [2.75, 3.05) is 0 Å². The van der Waals surface area contributed by atoms with E-state index in [4.69, 9.17) is 25.2 Å². The van der Waals surface area contributed by atoms with Crippen LogP contribution in [0.15, 0.2) is 54.8 Å². The number of aryl methyl sites for hydroxylation is 3. The first-order valence-corrected chi connectivity index (χ1v) is 9.81. The van der Waals surface area contributed by atoms with Gasteiger partial charge >= 0.3 is 11.3 Å². The van der Waals surface area contributed by atoms with Crippen molar-refractivity contribution in [1.82, 2.24) is 0 Å². The van der Waals surface area contributed by atoms with E-state index in [1.54, 1.807) is 12.1 Å². The third-order valence-electron chi connectivity index (χ3n) is 5.43. The normalized spacial score (nSPS) is 13.2. The van der Waals surface area contributed by atoms with Gasteiger partial charge in [0.2, 0.25) is 0 Å². The molecule has 0 fully saturated rings. The highest BCUT2D eigenvalue weighted by molar-refractivity contribution is 6.32. The van der Waals surface area contributed by atoms with Crippen molar-refractivity contribution in [3.05, 3.63) is 84.5 Å². The lowest BCUT2D eigenvalue weighted by Crippen LogP contribution is -2.05. The Balaban J connectivity index is 1.54. The number of benzene rings is 2. The van der Waals surface area contributed by atoms with Crippen LogP contribution in [0, 0.1) is 6.92 Å². The molecule has 0 unspecified atom stereocenters. The summed E-state index contributed by atoms with van der Waals surface area (Å²) in [6.45, 7) is 1.96. The Morgan fingerprint density at radius 2 is 1.59 bits per heavy atom. The minimum atomic E-state index is -0.427. The van der Waals surface area contributed by atoms with Gasteiger partial charge in [0, 0.05) is 34.5 Å². The minimum absolute atomic E-state index is 0.141. The Labute approximate surface area is 170 Å². The molecule has 0 bridgehead atoms. The monoisotopic (exact) mass is 408 g/mol. The van der Waals surface area contributed by atoms with Gasteiger partial charge in [-0.15, -0.1) is 0 Å². The molecule has 6 heteroatoms. The molecule has 0 radical (unpaired) electrons. The fourth-order valence-corrected chi connectivity index (χ4v) is 4.22. The van der Waals surface area contributed by atoms with Gasteiger partial charge in [-0.1, -0.05) is 11.6 Å². The largest absolute Gasteiger partial charge is 0.487 e. The van der Waals surface area contributed by atoms with Gasteiger partial charge in [-0.25, -0.2) is 9.59 Å². The van der Waals surface area contributed by atoms with Crippen LogP contribution in [-0.4, -0.2) is 0 Å². The molecule has 0 atom stereocenters. The summed E-state index contributed by atoms with van der Waals surface area (Å²) < 4.78 is 16.6. The molecule has 2 aromatic heterocycles. The van der Waals surface area contributed by atoms with E-state index in [0.717, 1.165) is 41.2 Å². The molecule has 0 amide bonds. The molecule has 5 nitrogen and oxygen atoms in total. The molecule has 2 heterocycles. The molecule has 2 aromatic carbocycles. The zero-order chi connectivity index (χ0) is 20.1. The van der Waals surface area contributed by atoms with E-state index in [-0.39, 0.29) is 6.61 Å². The van der Waals surface area contributed by atoms with Crippen molar-refractivity contribution in [3.8, 4) is 5.75 Å². The maximum Gasteiger partial charge on any atom is 0.336 e. The molecule has 1 aliphatic rings. The third-order valence-corrected chi connectivity index (χ3v) is 5.73. The molecular formula is C23H17ClO5. The van der Waals surface area contributed by atoms with Crippen LogP contribution in [0.3, 0.4) is 0 Å². The Morgan fingerprint density at radius 1 is 0.897 bits per heavy atom. The smallest absolute Gasteiger partial charge is 0.336 e. The maximum atomic E-state index is 12.0. The van der Waals surface area contributed by atoms with Gasteiger partial charge in [0.1, 0.15) is 23.5 Å². The zero-order valence-electron chi connectivity index (χ0n) is 15.7. The Kier molecular flexibility index (Phi) is 4.21. The number of fused-ring (bicyclic) bond motifs is 3. The first-order valence-electron chi connectivity index (χ1n) is 9.43. The summed E-state index contributed by atoms with van der Waals surface area (Å²) in [4.78, 5) is 23.7. The second-order valence-corrected chi connectivity index (χ2v) is 7.78. The van der Waals surface area contributed by atoms with Crippen molar-refractivity contribution in [1.29, 1.82) is 0 Å². The van der Waals surface area contributed by atoms with Gasteiger partial charge in [-0.05, 0) is 61.1 Å². The van der Waals surface area contributed by atoms with Crippen LogP contribution in [0.1, 0.15) is 28.7 Å². The highest BCUT2D eigenvalue weighted by Gasteiger charge is 2.16. The van der Waals surface area contributed by atoms with E-state index in [0.29, 0.717) is 21.9 Å². The first kappa shape index (κ1) is 18.0. The molecular weight excluding hydrogens is 392 g/mol. The van der Waals surface area contributed by atoms with Crippen LogP contribution in [-0.2, 0) is 19.4 Å². The lowest BCUT2D eigenvalue weighted by molar-refractivity contribution is 0.306. The number of halogens is 1. The minimum Gasteiger partial charge on any atom is -0.487 e. The quantitative estimate of drug-likeness (QED) is 0.449. The van der Waals surface area contributed by atoms with Crippen molar-refractivity contribution >= 4 is 33.5 Å². The fourth-order valence-electron chi connectivity index (χ4n) is 4.00. The van der Waals surface area contributed by atoms with Gasteiger partial charge < -0.3 is 13.6 Å². The molecule has 29 heavy (non-hydrogen) atoms. The first-order chi connectivity index (χ1) is 14.0. The molecule has 0 spiro atoms. The summed E-state index contributed by atoms with van der Waals surface area (Å²) in [6, 6.07) is 10.2. The summed E-state index contributed by atoms with van der Waals surface area (Å²) >= 11 is 6.38. The topological polar surface area (TPSA) is 69.7 Å². The predicted octanol–water partition coefficient (Wildman–Crippen LogP) is 4.93. The highest BCUT2D eigenvalue weighted by Crippen LogP contribution is 2.33. The summed E-state index contributed by atoms with van der Waals surface area (Å²) in [7, 11) is 0. The molecule has 146 valence electrons. The lowest BCUT2D eigenvalue weighted by atomic mass is 10.0. The van der Waals surface area contributed by atoms with Gasteiger partial charge in [-0.3, -0.25) is 0 Å². The summed E-state index contributed by atoms with van der Waals surface area (Å²) in [6.07, 6.45) is 3.14. The number of ether oxygens (including phenoxy) is 1. The standard InChI is InChI=1S/C23H17ClO5/c1-12-5-22(25)29-20-10-21(18(24)9-16(12)20)27-11-15-8-23(26)28-19-7-14-4-2-3-13(14)6-17(15)19/h5-10H,2-4,11H2,1H3. The van der Waals surface area contributed by atoms with Gasteiger partial charge in [-0.2, -0.15) is 0 Å². The van der Waals surface area contributed by atoms with Gasteiger partial charge in [0.15, 0.2) is 0 Å². The molecule has 0 saturated heterocycles. The SMILES string of the molecule is Cc1cc(=O)oc2cc(OCc3cc(=O)oc4cc5c(cc34)CCC5)c(Cl)cc12. The van der Waals surface area contributed by atoms with Gasteiger partial charge in [0.05, 0.1) is 5.02 Å². The fraction of sp³-hybridized carbons (Fsp3) is 0.217. The van der Waals surface area contributed by atoms with Crippen LogP contribution >= 0.6 is 11.6 Å². The number of rotatable bonds is 3. The Bertz CT molecular complexity index is 1400. The predicted molar refractivity (Wildman–Crippen MR) is 111 cm³/mol. The molecule has 0 N–H and O–H groups in total. The molecule has 5 rings (SSSR count). The van der Waals surface area contributed by atoms with Gasteiger partial charge in [0.25, 0.3) is 0 Å². The molecule has 0 aliphatic heterocycles. The number of hydrogen-bond acceptors (Lipinski definition) is 5. The zero-order valence-corrected chi connectivity index (χ0v) is 16.5. The van der Waals surface area contributed by atoms with Crippen molar-refractivity contribution < 1.29 is 13.6 Å². The van der Waals surface area contributed by atoms with E-state index < -0.39 is 11.3 Å². The van der Waals surface area contributed by atoms with E-state index in [9.17, 15) is 9.59 Å². The van der Waals surface area contributed by atoms with E-state index >= 15 is 0 Å². The van der Waals surface area contributed by atoms with Crippen molar-refractivity contribution in [2.45, 2.75) is 32.8 Å². The third kappa shape index (κ3) is 3.21. The summed E-state index contributed by atoms with van der Waals surface area (Å²) in [5.74, 6) is 0.385. The number of hydrogen-bond donors (Lipinski definition) is 0. The van der Waals surface area contributed by atoms with E-state index in [1.807, 2.05) is 13.0 Å². The Hall–Kier alpha value is -3.05. The van der Waals surface area contributed by atoms with Crippen LogP contribution in [0.4, 0.5) is 0 Å². The van der Waals surface area contributed by atoms with Crippen LogP contribution in [0.2, 0.25) is 5.02 Å². The maximum absolute atomic E-state index is 12.0. The van der Waals surface area contributed by atoms with E-state index in [1.165, 1.54) is 23.3 Å². The summed E-state index contributed by atoms with van der Waals surface area (Å²) in [5.41, 5.74) is 4.17. The average Bonchev–Trinajstić information content (AvgIpc) is 3.12. The summed E-state index contributed by atoms with van der Waals surface area (Å²) in [5, 5.41) is 2.02. The van der Waals surface area contributed by atoms with Crippen molar-refractivity contribution in [2.24, 2.45) is 0 Å². The molecule has 4 aromatic rings. The van der Waals surface area contributed by atoms with E-state index in [2.05, 4.69) is 6.07 Å². The molecule has 0 saturated carbocycles. The Morgan fingerprint density at radius 3 is 2.38 bits per heavy atom. The second-order valence-electron chi connectivity index (χ2n) is 7.38. The van der Waals surface area contributed by atoms with Crippen molar-refractivity contribution in [3.63, 3.8) is 0 Å². The van der Waals surface area contributed by atoms with Crippen LogP contribution in [0.25, 0.3) is 21.9 Å². The van der Waals surface area contributed by atoms with Crippen LogP contribution in [0.5, 0.6) is 5.75 Å². The average molecular weight is 409 g/mol. The second kappa shape index (κ2) is 6.78. The molecule has 1 aliphatic carbocycles. The highest BCUT2D eigenvalue weighted by atomic mass is 35.5.